The number of nitriles is 1. The molecule has 12 heteroatoms. The largest absolute Gasteiger partial charge is 0.469 e. The molecule has 0 atom stereocenters. The Labute approximate surface area is 249 Å². The van der Waals surface area contributed by atoms with Crippen LogP contribution in [0, 0.1) is 23.1 Å². The molecule has 6 rings (SSSR count). The minimum absolute atomic E-state index is 0.152. The van der Waals surface area contributed by atoms with Gasteiger partial charge in [-0.3, -0.25) is 4.79 Å². The second-order valence-corrected chi connectivity index (χ2v) is 12.7. The van der Waals surface area contributed by atoms with Crippen molar-refractivity contribution in [2.75, 3.05) is 25.1 Å². The maximum atomic E-state index is 14.7. The Bertz CT molecular complexity index is 2020. The summed E-state index contributed by atoms with van der Waals surface area (Å²) >= 11 is 1.17. The number of aromatic nitrogens is 1. The van der Waals surface area contributed by atoms with Crippen LogP contribution in [0.2, 0.25) is 0 Å². The van der Waals surface area contributed by atoms with Gasteiger partial charge in [-0.2, -0.15) is 5.26 Å². The quantitative estimate of drug-likeness (QED) is 0.185. The van der Waals surface area contributed by atoms with Crippen LogP contribution in [-0.2, 0) is 19.6 Å². The zero-order valence-corrected chi connectivity index (χ0v) is 24.1. The molecular formula is C31H22F3N3O4S2. The molecule has 0 saturated carbocycles. The lowest BCUT2D eigenvalue weighted by molar-refractivity contribution is -0.146. The van der Waals surface area contributed by atoms with Crippen molar-refractivity contribution in [3.63, 3.8) is 0 Å². The number of fused-ring (bicyclic) bond motifs is 1. The van der Waals surface area contributed by atoms with E-state index in [0.29, 0.717) is 34.7 Å². The molecule has 1 aliphatic rings. The molecule has 1 fully saturated rings. The van der Waals surface area contributed by atoms with Gasteiger partial charge in [0.25, 0.3) is 16.4 Å². The van der Waals surface area contributed by atoms with Crippen molar-refractivity contribution in [2.45, 2.75) is 11.3 Å². The predicted octanol–water partition coefficient (Wildman–Crippen LogP) is 6.83. The average molecular weight is 622 g/mol. The molecule has 1 saturated heterocycles. The summed E-state index contributed by atoms with van der Waals surface area (Å²) in [4.78, 5) is 14.0. The van der Waals surface area contributed by atoms with Crippen LogP contribution in [0.25, 0.3) is 33.3 Å². The van der Waals surface area contributed by atoms with E-state index in [2.05, 4.69) is 6.07 Å². The number of carbonyl (C=O) groups is 1. The molecule has 218 valence electrons. The standard InChI is InChI=1S/C31H22F3N3O4S2/c1-41-31(38)20-16-36(17-20)22-4-2-3-19(13-22)29-28(24-11-12-42-27(24)15-35)25-14-21(32)7-10-26(25)37(29)43(39,40)23-8-5-18(6-9-23)30(33)34/h2-14,20,30H,16-17H2,1H3. The smallest absolute Gasteiger partial charge is 0.312 e. The average Bonchev–Trinajstić information content (AvgIpc) is 3.58. The normalized spacial score (nSPS) is 13.7. The number of halogens is 3. The molecule has 43 heavy (non-hydrogen) atoms. The molecule has 0 spiro atoms. The molecule has 3 aromatic carbocycles. The molecule has 1 aliphatic heterocycles. The van der Waals surface area contributed by atoms with Crippen molar-refractivity contribution < 1.29 is 31.1 Å². The maximum Gasteiger partial charge on any atom is 0.312 e. The highest BCUT2D eigenvalue weighted by Crippen LogP contribution is 2.46. The van der Waals surface area contributed by atoms with E-state index >= 15 is 0 Å². The van der Waals surface area contributed by atoms with Crippen molar-refractivity contribution >= 4 is 43.9 Å². The summed E-state index contributed by atoms with van der Waals surface area (Å²) < 4.78 is 75.9. The molecule has 5 aromatic rings. The highest BCUT2D eigenvalue weighted by Gasteiger charge is 2.35. The van der Waals surface area contributed by atoms with Gasteiger partial charge in [0, 0.05) is 46.4 Å². The number of benzene rings is 3. The van der Waals surface area contributed by atoms with Crippen molar-refractivity contribution in [3.8, 4) is 28.5 Å². The maximum absolute atomic E-state index is 14.7. The fraction of sp³-hybridized carbons (Fsp3) is 0.161. The van der Waals surface area contributed by atoms with Gasteiger partial charge in [-0.05, 0) is 53.9 Å². The van der Waals surface area contributed by atoms with E-state index in [1.165, 1.54) is 30.6 Å². The molecule has 2 aromatic heterocycles. The zero-order chi connectivity index (χ0) is 30.5. The van der Waals surface area contributed by atoms with E-state index in [0.717, 1.165) is 40.0 Å². The summed E-state index contributed by atoms with van der Waals surface area (Å²) in [7, 11) is -3.11. The van der Waals surface area contributed by atoms with Gasteiger partial charge in [0.15, 0.2) is 0 Å². The van der Waals surface area contributed by atoms with Crippen LogP contribution in [-0.4, -0.2) is 38.6 Å². The first-order valence-corrected chi connectivity index (χ1v) is 15.3. The van der Waals surface area contributed by atoms with Gasteiger partial charge >= 0.3 is 5.97 Å². The van der Waals surface area contributed by atoms with Gasteiger partial charge in [0.1, 0.15) is 16.8 Å². The summed E-state index contributed by atoms with van der Waals surface area (Å²) in [6.07, 6.45) is -2.78. The molecule has 0 unspecified atom stereocenters. The molecule has 0 radical (unpaired) electrons. The number of ether oxygens (including phenoxy) is 1. The summed E-state index contributed by atoms with van der Waals surface area (Å²) in [6.45, 7) is 0.824. The van der Waals surface area contributed by atoms with Crippen LogP contribution < -0.4 is 4.90 Å². The second kappa shape index (κ2) is 10.9. The van der Waals surface area contributed by atoms with Crippen molar-refractivity contribution in [1.82, 2.24) is 3.97 Å². The fourth-order valence-corrected chi connectivity index (χ4v) is 7.59. The minimum atomic E-state index is -4.44. The number of hydrogen-bond donors (Lipinski definition) is 0. The van der Waals surface area contributed by atoms with Crippen molar-refractivity contribution in [1.29, 1.82) is 5.26 Å². The van der Waals surface area contributed by atoms with Crippen LogP contribution >= 0.6 is 11.3 Å². The predicted molar refractivity (Wildman–Crippen MR) is 157 cm³/mol. The van der Waals surface area contributed by atoms with Gasteiger partial charge in [0.05, 0.1) is 29.1 Å². The highest BCUT2D eigenvalue weighted by molar-refractivity contribution is 7.90. The van der Waals surface area contributed by atoms with E-state index in [1.54, 1.807) is 29.6 Å². The molecule has 7 nitrogen and oxygen atoms in total. The Kier molecular flexibility index (Phi) is 7.23. The molecule has 3 heterocycles. The molecule has 0 amide bonds. The second-order valence-electron chi connectivity index (χ2n) is 9.97. The van der Waals surface area contributed by atoms with E-state index in [9.17, 15) is 31.6 Å². The van der Waals surface area contributed by atoms with Crippen LogP contribution in [0.3, 0.4) is 0 Å². The summed E-state index contributed by atoms with van der Waals surface area (Å²) in [6, 6.07) is 18.9. The Morgan fingerprint density at radius 1 is 1.07 bits per heavy atom. The third-order valence-corrected chi connectivity index (χ3v) is 10.0. The molecule has 0 N–H and O–H groups in total. The van der Waals surface area contributed by atoms with Gasteiger partial charge < -0.3 is 9.64 Å². The Morgan fingerprint density at radius 2 is 1.81 bits per heavy atom. The lowest BCUT2D eigenvalue weighted by Gasteiger charge is -2.39. The highest BCUT2D eigenvalue weighted by atomic mass is 32.2. The fourth-order valence-electron chi connectivity index (χ4n) is 5.36. The van der Waals surface area contributed by atoms with Gasteiger partial charge in [-0.15, -0.1) is 11.3 Å². The van der Waals surface area contributed by atoms with E-state index in [-0.39, 0.29) is 38.9 Å². The Balaban J connectivity index is 1.63. The molecular weight excluding hydrogens is 599 g/mol. The lowest BCUT2D eigenvalue weighted by Crippen LogP contribution is -2.50. The zero-order valence-electron chi connectivity index (χ0n) is 22.5. The van der Waals surface area contributed by atoms with E-state index < -0.39 is 22.3 Å². The summed E-state index contributed by atoms with van der Waals surface area (Å²) in [5.74, 6) is -1.21. The van der Waals surface area contributed by atoms with Crippen LogP contribution in [0.4, 0.5) is 18.9 Å². The number of thiophene rings is 1. The van der Waals surface area contributed by atoms with Crippen LogP contribution in [0.15, 0.2) is 83.1 Å². The SMILES string of the molecule is COC(=O)C1CN(c2cccc(-c3c(-c4ccsc4C#N)c4cc(F)ccc4n3S(=O)(=O)c3ccc(C(F)F)cc3)c2)C1. The minimum Gasteiger partial charge on any atom is -0.469 e. The number of carbonyl (C=O) groups excluding carboxylic acids is 1. The van der Waals surface area contributed by atoms with Gasteiger partial charge in [-0.25, -0.2) is 25.6 Å². The lowest BCUT2D eigenvalue weighted by atomic mass is 9.96. The number of anilines is 1. The topological polar surface area (TPSA) is 92.4 Å². The van der Waals surface area contributed by atoms with E-state index in [4.69, 9.17) is 4.74 Å². The monoisotopic (exact) mass is 621 g/mol. The number of nitrogens with zero attached hydrogens (tertiary/aromatic N) is 3. The first-order valence-electron chi connectivity index (χ1n) is 13.0. The van der Waals surface area contributed by atoms with E-state index in [1.807, 2.05) is 11.0 Å². The van der Waals surface area contributed by atoms with Gasteiger partial charge in [0.2, 0.25) is 0 Å². The van der Waals surface area contributed by atoms with Crippen molar-refractivity contribution in [2.24, 2.45) is 5.92 Å². The third kappa shape index (κ3) is 4.84. The van der Waals surface area contributed by atoms with Crippen molar-refractivity contribution in [3.05, 3.63) is 94.4 Å². The molecule has 0 aliphatic carbocycles. The Morgan fingerprint density at radius 3 is 2.49 bits per heavy atom. The number of hydrogen-bond acceptors (Lipinski definition) is 7. The number of esters is 1. The third-order valence-electron chi connectivity index (χ3n) is 7.49. The first-order chi connectivity index (χ1) is 20.6. The van der Waals surface area contributed by atoms with Crippen LogP contribution in [0.1, 0.15) is 16.9 Å². The first kappa shape index (κ1) is 28.5. The van der Waals surface area contributed by atoms with Gasteiger partial charge in [-0.1, -0.05) is 24.3 Å². The Hall–Kier alpha value is -4.60. The number of methoxy groups -OCH3 is 1. The van der Waals surface area contributed by atoms with Crippen LogP contribution in [0.5, 0.6) is 0 Å². The summed E-state index contributed by atoms with van der Waals surface area (Å²) in [5.41, 5.74) is 1.95. The number of alkyl halides is 2. The summed E-state index contributed by atoms with van der Waals surface area (Å²) in [5, 5.41) is 11.8. The molecule has 0 bridgehead atoms. The number of rotatable bonds is 7.